The number of nitrogens with zero attached hydrogens (tertiary/aromatic N) is 5. The highest BCUT2D eigenvalue weighted by Gasteiger charge is 2.36. The summed E-state index contributed by atoms with van der Waals surface area (Å²) in [4.78, 5) is 39.3. The van der Waals surface area contributed by atoms with E-state index >= 15 is 0 Å². The number of nitrogens with one attached hydrogen (secondary N) is 1. The van der Waals surface area contributed by atoms with E-state index in [0.717, 1.165) is 4.90 Å². The summed E-state index contributed by atoms with van der Waals surface area (Å²) in [6.45, 7) is 0. The minimum Gasteiger partial charge on any atom is -0.322 e. The number of carbonyl (C=O) groups is 3. The van der Waals surface area contributed by atoms with E-state index in [1.165, 1.54) is 11.0 Å². The van der Waals surface area contributed by atoms with E-state index in [-0.39, 0.29) is 5.91 Å². The highest BCUT2D eigenvalue weighted by molar-refractivity contribution is 6.34. The smallest absolute Gasteiger partial charge is 0.266 e. The van der Waals surface area contributed by atoms with Gasteiger partial charge in [0.2, 0.25) is 0 Å². The van der Waals surface area contributed by atoms with Crippen molar-refractivity contribution in [3.8, 4) is 5.69 Å². The molecular formula is C22H14N6O3. The first kappa shape index (κ1) is 18.4. The normalized spacial score (nSPS) is 12.7. The quantitative estimate of drug-likeness (QED) is 0.518. The summed E-state index contributed by atoms with van der Waals surface area (Å²) in [5, 5.41) is 13.8. The third kappa shape index (κ3) is 3.23. The number of aromatic nitrogens is 4. The van der Waals surface area contributed by atoms with Crippen LogP contribution in [0.15, 0.2) is 79.1 Å². The van der Waals surface area contributed by atoms with Gasteiger partial charge in [-0.2, -0.15) is 0 Å². The van der Waals surface area contributed by atoms with Crippen molar-refractivity contribution in [1.29, 1.82) is 0 Å². The predicted octanol–water partition coefficient (Wildman–Crippen LogP) is 2.72. The number of amides is 3. The van der Waals surface area contributed by atoms with Crippen LogP contribution in [0, 0.1) is 0 Å². The van der Waals surface area contributed by atoms with Crippen molar-refractivity contribution in [2.45, 2.75) is 0 Å². The fourth-order valence-electron chi connectivity index (χ4n) is 3.42. The summed E-state index contributed by atoms with van der Waals surface area (Å²) in [5.41, 5.74) is 2.59. The molecule has 0 fully saturated rings. The predicted molar refractivity (Wildman–Crippen MR) is 111 cm³/mol. The average Bonchev–Trinajstić information content (AvgIpc) is 3.42. The fraction of sp³-hybridized carbons (Fsp3) is 0. The number of fused-ring (bicyclic) bond motifs is 1. The van der Waals surface area contributed by atoms with Gasteiger partial charge in [0, 0.05) is 11.3 Å². The Morgan fingerprint density at radius 2 is 1.52 bits per heavy atom. The molecule has 3 amide bonds. The van der Waals surface area contributed by atoms with Crippen molar-refractivity contribution in [3.63, 3.8) is 0 Å². The zero-order valence-electron chi connectivity index (χ0n) is 16.0. The number of rotatable bonds is 4. The summed E-state index contributed by atoms with van der Waals surface area (Å²) in [6.07, 6.45) is 1.43. The van der Waals surface area contributed by atoms with Crippen molar-refractivity contribution in [3.05, 3.63) is 95.8 Å². The van der Waals surface area contributed by atoms with E-state index in [9.17, 15) is 14.4 Å². The number of hydrogen-bond donors (Lipinski definition) is 1. The minimum atomic E-state index is -0.391. The van der Waals surface area contributed by atoms with Gasteiger partial charge >= 0.3 is 0 Å². The standard InChI is InChI=1S/C22H14N6O3/c29-20(14-5-3-7-16(11-14)27-13-23-25-26-27)24-15-6-4-8-17(12-15)28-21(30)18-9-1-2-10-19(18)22(28)31/h1-13H,(H,24,29). The lowest BCUT2D eigenvalue weighted by molar-refractivity contribution is 0.0925. The Balaban J connectivity index is 1.39. The van der Waals surface area contributed by atoms with Gasteiger partial charge in [0.25, 0.3) is 17.7 Å². The van der Waals surface area contributed by atoms with Crippen molar-refractivity contribution in [2.24, 2.45) is 0 Å². The van der Waals surface area contributed by atoms with Crippen LogP contribution in [0.25, 0.3) is 5.69 Å². The molecular weight excluding hydrogens is 396 g/mol. The highest BCUT2D eigenvalue weighted by Crippen LogP contribution is 2.29. The van der Waals surface area contributed by atoms with E-state index in [0.29, 0.717) is 33.8 Å². The zero-order valence-corrected chi connectivity index (χ0v) is 16.0. The molecule has 0 bridgehead atoms. The number of benzene rings is 3. The molecule has 1 aliphatic heterocycles. The van der Waals surface area contributed by atoms with Crippen LogP contribution in [0.1, 0.15) is 31.1 Å². The monoisotopic (exact) mass is 410 g/mol. The molecule has 1 aliphatic rings. The van der Waals surface area contributed by atoms with Gasteiger partial charge in [-0.25, -0.2) is 9.58 Å². The second-order valence-electron chi connectivity index (χ2n) is 6.80. The molecule has 1 N–H and O–H groups in total. The second-order valence-corrected chi connectivity index (χ2v) is 6.80. The van der Waals surface area contributed by atoms with Gasteiger partial charge in [0.05, 0.1) is 22.5 Å². The summed E-state index contributed by atoms with van der Waals surface area (Å²) in [5.74, 6) is -1.13. The third-order valence-electron chi connectivity index (χ3n) is 4.88. The van der Waals surface area contributed by atoms with Crippen LogP contribution in [0.2, 0.25) is 0 Å². The number of imide groups is 1. The Morgan fingerprint density at radius 1 is 0.806 bits per heavy atom. The lowest BCUT2D eigenvalue weighted by Gasteiger charge is -2.15. The Kier molecular flexibility index (Phi) is 4.33. The van der Waals surface area contributed by atoms with Gasteiger partial charge in [-0.1, -0.05) is 24.3 Å². The van der Waals surface area contributed by atoms with Gasteiger partial charge < -0.3 is 5.32 Å². The molecule has 0 aliphatic carbocycles. The topological polar surface area (TPSA) is 110 Å². The van der Waals surface area contributed by atoms with Crippen molar-refractivity contribution < 1.29 is 14.4 Å². The number of hydrogen-bond acceptors (Lipinski definition) is 6. The van der Waals surface area contributed by atoms with Crippen LogP contribution in [-0.2, 0) is 0 Å². The van der Waals surface area contributed by atoms with Gasteiger partial charge in [0.15, 0.2) is 0 Å². The summed E-state index contributed by atoms with van der Waals surface area (Å²) >= 11 is 0. The van der Waals surface area contributed by atoms with Crippen LogP contribution < -0.4 is 10.2 Å². The minimum absolute atomic E-state index is 0.352. The van der Waals surface area contributed by atoms with Crippen LogP contribution in [0.4, 0.5) is 11.4 Å². The van der Waals surface area contributed by atoms with Crippen LogP contribution in [0.3, 0.4) is 0 Å². The zero-order chi connectivity index (χ0) is 21.4. The molecule has 0 saturated heterocycles. The molecule has 9 heteroatoms. The van der Waals surface area contributed by atoms with Gasteiger partial charge in [-0.15, -0.1) is 5.10 Å². The molecule has 0 atom stereocenters. The molecule has 1 aromatic heterocycles. The van der Waals surface area contributed by atoms with Crippen LogP contribution in [0.5, 0.6) is 0 Å². The SMILES string of the molecule is O=C(Nc1cccc(N2C(=O)c3ccccc3C2=O)c1)c1cccc(-n2cnnn2)c1. The maximum absolute atomic E-state index is 12.8. The fourth-order valence-corrected chi connectivity index (χ4v) is 3.42. The molecule has 3 aromatic carbocycles. The molecule has 4 aromatic rings. The first-order valence-corrected chi connectivity index (χ1v) is 9.34. The Morgan fingerprint density at radius 3 is 2.23 bits per heavy atom. The lowest BCUT2D eigenvalue weighted by atomic mass is 10.1. The van der Waals surface area contributed by atoms with E-state index in [2.05, 4.69) is 20.8 Å². The van der Waals surface area contributed by atoms with E-state index in [4.69, 9.17) is 0 Å². The second kappa shape index (κ2) is 7.30. The van der Waals surface area contributed by atoms with Crippen molar-refractivity contribution >= 4 is 29.1 Å². The molecule has 0 radical (unpaired) electrons. The molecule has 31 heavy (non-hydrogen) atoms. The highest BCUT2D eigenvalue weighted by atomic mass is 16.2. The lowest BCUT2D eigenvalue weighted by Crippen LogP contribution is -2.29. The van der Waals surface area contributed by atoms with E-state index < -0.39 is 11.8 Å². The summed E-state index contributed by atoms with van der Waals surface area (Å²) < 4.78 is 1.44. The molecule has 5 rings (SSSR count). The van der Waals surface area contributed by atoms with Gasteiger partial charge in [-0.3, -0.25) is 14.4 Å². The molecule has 150 valence electrons. The molecule has 9 nitrogen and oxygen atoms in total. The van der Waals surface area contributed by atoms with Gasteiger partial charge in [0.1, 0.15) is 6.33 Å². The molecule has 2 heterocycles. The first-order chi connectivity index (χ1) is 15.1. The largest absolute Gasteiger partial charge is 0.322 e. The summed E-state index contributed by atoms with van der Waals surface area (Å²) in [7, 11) is 0. The Labute approximate surface area is 175 Å². The van der Waals surface area contributed by atoms with E-state index in [1.54, 1.807) is 72.8 Å². The maximum atomic E-state index is 12.8. The molecule has 0 saturated carbocycles. The summed E-state index contributed by atoms with van der Waals surface area (Å²) in [6, 6.07) is 20.1. The number of carbonyl (C=O) groups excluding carboxylic acids is 3. The number of anilines is 2. The van der Waals surface area contributed by atoms with Crippen LogP contribution in [-0.4, -0.2) is 37.9 Å². The Hall–Kier alpha value is -4.66. The number of tetrazole rings is 1. The van der Waals surface area contributed by atoms with Crippen LogP contribution >= 0.6 is 0 Å². The molecule has 0 unspecified atom stereocenters. The maximum Gasteiger partial charge on any atom is 0.266 e. The van der Waals surface area contributed by atoms with Crippen molar-refractivity contribution in [1.82, 2.24) is 20.2 Å². The average molecular weight is 410 g/mol. The van der Waals surface area contributed by atoms with Gasteiger partial charge in [-0.05, 0) is 59.0 Å². The Bertz CT molecular complexity index is 1300. The first-order valence-electron chi connectivity index (χ1n) is 9.34. The third-order valence-corrected chi connectivity index (χ3v) is 4.88. The van der Waals surface area contributed by atoms with E-state index in [1.807, 2.05) is 0 Å². The molecule has 0 spiro atoms. The van der Waals surface area contributed by atoms with Crippen molar-refractivity contribution in [2.75, 3.05) is 10.2 Å².